The monoisotopic (exact) mass is 207 g/mol. The molecule has 0 fully saturated rings. The van der Waals surface area contributed by atoms with Gasteiger partial charge in [0, 0.05) is 16.2 Å². The normalized spacial score (nSPS) is 22.0. The SMILES string of the molecule is CCC(NC)C1Cc2ccccc2S1. The second kappa shape index (κ2) is 4.37. The van der Waals surface area contributed by atoms with Crippen molar-refractivity contribution < 1.29 is 0 Å². The summed E-state index contributed by atoms with van der Waals surface area (Å²) in [5, 5.41) is 4.13. The zero-order valence-electron chi connectivity index (χ0n) is 8.79. The van der Waals surface area contributed by atoms with Crippen LogP contribution in [0.3, 0.4) is 0 Å². The smallest absolute Gasteiger partial charge is 0.0289 e. The lowest BCUT2D eigenvalue weighted by atomic mass is 10.0. The minimum Gasteiger partial charge on any atom is -0.316 e. The molecule has 0 saturated heterocycles. The second-order valence-corrected chi connectivity index (χ2v) is 5.05. The van der Waals surface area contributed by atoms with E-state index in [-0.39, 0.29) is 0 Å². The van der Waals surface area contributed by atoms with Gasteiger partial charge >= 0.3 is 0 Å². The molecule has 1 heterocycles. The average Bonchev–Trinajstić information content (AvgIpc) is 2.63. The van der Waals surface area contributed by atoms with Crippen LogP contribution in [0.5, 0.6) is 0 Å². The van der Waals surface area contributed by atoms with Gasteiger partial charge < -0.3 is 5.32 Å². The van der Waals surface area contributed by atoms with Crippen molar-refractivity contribution in [1.82, 2.24) is 5.32 Å². The zero-order valence-corrected chi connectivity index (χ0v) is 9.60. The Kier molecular flexibility index (Phi) is 3.14. The number of fused-ring (bicyclic) bond motifs is 1. The highest BCUT2D eigenvalue weighted by Crippen LogP contribution is 2.38. The fraction of sp³-hybridized carbons (Fsp3) is 0.500. The van der Waals surface area contributed by atoms with Crippen LogP contribution in [0.15, 0.2) is 29.2 Å². The summed E-state index contributed by atoms with van der Waals surface area (Å²) in [5.74, 6) is 0. The van der Waals surface area contributed by atoms with Crippen molar-refractivity contribution in [3.05, 3.63) is 29.8 Å². The van der Waals surface area contributed by atoms with E-state index in [4.69, 9.17) is 0 Å². The quantitative estimate of drug-likeness (QED) is 0.818. The van der Waals surface area contributed by atoms with Gasteiger partial charge in [-0.05, 0) is 31.5 Å². The molecule has 0 aliphatic carbocycles. The Morgan fingerprint density at radius 3 is 2.93 bits per heavy atom. The average molecular weight is 207 g/mol. The third-order valence-corrected chi connectivity index (χ3v) is 4.38. The Bertz CT molecular complexity index is 282. The van der Waals surface area contributed by atoms with Gasteiger partial charge in [-0.2, -0.15) is 0 Å². The third kappa shape index (κ3) is 1.82. The topological polar surface area (TPSA) is 12.0 Å². The van der Waals surface area contributed by atoms with E-state index >= 15 is 0 Å². The van der Waals surface area contributed by atoms with Gasteiger partial charge in [-0.15, -0.1) is 11.8 Å². The van der Waals surface area contributed by atoms with Crippen LogP contribution in [0.2, 0.25) is 0 Å². The second-order valence-electron chi connectivity index (χ2n) is 3.77. The molecular formula is C12H17NS. The molecule has 0 bridgehead atoms. The molecule has 0 spiro atoms. The molecule has 1 aliphatic heterocycles. The highest BCUT2D eigenvalue weighted by molar-refractivity contribution is 8.00. The summed E-state index contributed by atoms with van der Waals surface area (Å²) < 4.78 is 0. The van der Waals surface area contributed by atoms with Crippen LogP contribution in [0, 0.1) is 0 Å². The number of rotatable bonds is 3. The summed E-state index contributed by atoms with van der Waals surface area (Å²) in [6, 6.07) is 9.41. The molecule has 2 unspecified atom stereocenters. The van der Waals surface area contributed by atoms with E-state index in [0.717, 1.165) is 5.25 Å². The van der Waals surface area contributed by atoms with E-state index in [1.54, 1.807) is 0 Å². The molecule has 2 atom stereocenters. The summed E-state index contributed by atoms with van der Waals surface area (Å²) in [6.07, 6.45) is 2.43. The van der Waals surface area contributed by atoms with E-state index in [0.29, 0.717) is 6.04 Å². The molecular weight excluding hydrogens is 190 g/mol. The minimum atomic E-state index is 0.646. The van der Waals surface area contributed by atoms with Gasteiger partial charge in [0.25, 0.3) is 0 Å². The van der Waals surface area contributed by atoms with Gasteiger partial charge in [-0.3, -0.25) is 0 Å². The molecule has 0 amide bonds. The van der Waals surface area contributed by atoms with E-state index in [2.05, 4.69) is 43.6 Å². The predicted molar refractivity (Wildman–Crippen MR) is 62.9 cm³/mol. The minimum absolute atomic E-state index is 0.646. The van der Waals surface area contributed by atoms with Gasteiger partial charge in [0.2, 0.25) is 0 Å². The third-order valence-electron chi connectivity index (χ3n) is 2.93. The first kappa shape index (κ1) is 10.1. The molecule has 0 radical (unpaired) electrons. The summed E-state index contributed by atoms with van der Waals surface area (Å²) in [6.45, 7) is 2.25. The molecule has 0 saturated carbocycles. The number of nitrogens with one attached hydrogen (secondary N) is 1. The molecule has 1 aromatic carbocycles. The lowest BCUT2D eigenvalue weighted by Crippen LogP contribution is -2.34. The first-order chi connectivity index (χ1) is 6.85. The maximum absolute atomic E-state index is 3.41. The van der Waals surface area contributed by atoms with Crippen LogP contribution in [-0.2, 0) is 6.42 Å². The number of hydrogen-bond donors (Lipinski definition) is 1. The van der Waals surface area contributed by atoms with Gasteiger partial charge in [-0.1, -0.05) is 25.1 Å². The van der Waals surface area contributed by atoms with Gasteiger partial charge in [0.05, 0.1) is 0 Å². The predicted octanol–water partition coefficient (Wildman–Crippen LogP) is 2.70. The Morgan fingerprint density at radius 2 is 2.29 bits per heavy atom. The summed E-state index contributed by atoms with van der Waals surface area (Å²) in [5.41, 5.74) is 1.52. The first-order valence-electron chi connectivity index (χ1n) is 5.27. The van der Waals surface area contributed by atoms with Crippen LogP contribution in [0.4, 0.5) is 0 Å². The zero-order chi connectivity index (χ0) is 9.97. The van der Waals surface area contributed by atoms with Crippen LogP contribution >= 0.6 is 11.8 Å². The Hall–Kier alpha value is -0.470. The lowest BCUT2D eigenvalue weighted by Gasteiger charge is -2.20. The number of thioether (sulfide) groups is 1. The summed E-state index contributed by atoms with van der Waals surface area (Å²) >= 11 is 2.03. The fourth-order valence-corrected chi connectivity index (χ4v) is 3.63. The highest BCUT2D eigenvalue weighted by atomic mass is 32.2. The number of benzene rings is 1. The molecule has 1 nitrogen and oxygen atoms in total. The van der Waals surface area contributed by atoms with Crippen LogP contribution in [-0.4, -0.2) is 18.3 Å². The van der Waals surface area contributed by atoms with Crippen molar-refractivity contribution in [3.8, 4) is 0 Å². The molecule has 1 N–H and O–H groups in total. The molecule has 1 aromatic rings. The highest BCUT2D eigenvalue weighted by Gasteiger charge is 2.26. The largest absolute Gasteiger partial charge is 0.316 e. The standard InChI is InChI=1S/C12H17NS/c1-3-10(13-2)12-8-9-6-4-5-7-11(9)14-12/h4-7,10,12-13H,3,8H2,1-2H3. The van der Waals surface area contributed by atoms with Crippen LogP contribution in [0.1, 0.15) is 18.9 Å². The van der Waals surface area contributed by atoms with E-state index in [1.807, 2.05) is 11.8 Å². The Balaban J connectivity index is 2.11. The molecule has 2 heteroatoms. The van der Waals surface area contributed by atoms with Crippen LogP contribution < -0.4 is 5.32 Å². The van der Waals surface area contributed by atoms with Crippen molar-refractivity contribution >= 4 is 11.8 Å². The maximum atomic E-state index is 3.41. The molecule has 2 rings (SSSR count). The van der Waals surface area contributed by atoms with Gasteiger partial charge in [0.15, 0.2) is 0 Å². The summed E-state index contributed by atoms with van der Waals surface area (Å²) in [4.78, 5) is 1.48. The van der Waals surface area contributed by atoms with Gasteiger partial charge in [-0.25, -0.2) is 0 Å². The molecule has 1 aliphatic rings. The van der Waals surface area contributed by atoms with Crippen molar-refractivity contribution in [3.63, 3.8) is 0 Å². The Morgan fingerprint density at radius 1 is 1.50 bits per heavy atom. The molecule has 76 valence electrons. The lowest BCUT2D eigenvalue weighted by molar-refractivity contribution is 0.525. The van der Waals surface area contributed by atoms with E-state index < -0.39 is 0 Å². The van der Waals surface area contributed by atoms with E-state index in [9.17, 15) is 0 Å². The van der Waals surface area contributed by atoms with Crippen molar-refractivity contribution in [2.75, 3.05) is 7.05 Å². The van der Waals surface area contributed by atoms with E-state index in [1.165, 1.54) is 23.3 Å². The summed E-state index contributed by atoms with van der Waals surface area (Å²) in [7, 11) is 2.07. The van der Waals surface area contributed by atoms with Crippen molar-refractivity contribution in [1.29, 1.82) is 0 Å². The molecule has 0 aromatic heterocycles. The van der Waals surface area contributed by atoms with Crippen molar-refractivity contribution in [2.24, 2.45) is 0 Å². The van der Waals surface area contributed by atoms with Crippen molar-refractivity contribution in [2.45, 2.75) is 36.0 Å². The molecule has 14 heavy (non-hydrogen) atoms. The maximum Gasteiger partial charge on any atom is 0.0289 e. The van der Waals surface area contributed by atoms with Crippen LogP contribution in [0.25, 0.3) is 0 Å². The number of hydrogen-bond acceptors (Lipinski definition) is 2. The Labute approximate surface area is 90.3 Å². The van der Waals surface area contributed by atoms with Gasteiger partial charge in [0.1, 0.15) is 0 Å². The first-order valence-corrected chi connectivity index (χ1v) is 6.15. The fourth-order valence-electron chi connectivity index (χ4n) is 2.09.